The molecule has 142 valence electrons. The molecule has 0 aliphatic rings. The minimum atomic E-state index is -0.401. The average molecular weight is 377 g/mol. The van der Waals surface area contributed by atoms with Crippen molar-refractivity contribution < 1.29 is 19.1 Å². The number of pyridine rings is 1. The van der Waals surface area contributed by atoms with Gasteiger partial charge in [0.1, 0.15) is 11.6 Å². The molecule has 28 heavy (non-hydrogen) atoms. The second-order valence-corrected chi connectivity index (χ2v) is 5.81. The summed E-state index contributed by atoms with van der Waals surface area (Å²) in [5.74, 6) is 0.568. The zero-order chi connectivity index (χ0) is 19.9. The molecule has 1 heterocycles. The molecule has 0 fully saturated rings. The molecule has 0 atom stereocenters. The minimum absolute atomic E-state index is 0.253. The number of hydrogen-bond donors (Lipinski definition) is 2. The summed E-state index contributed by atoms with van der Waals surface area (Å²) in [6, 6.07) is 17.1. The number of esters is 1. The first-order valence-corrected chi connectivity index (χ1v) is 8.46. The molecule has 0 aliphatic carbocycles. The molecular weight excluding hydrogens is 358 g/mol. The van der Waals surface area contributed by atoms with Crippen molar-refractivity contribution in [2.24, 2.45) is 0 Å². The largest absolute Gasteiger partial charge is 0.497 e. The van der Waals surface area contributed by atoms with Gasteiger partial charge in [-0.25, -0.2) is 9.78 Å². The maximum atomic E-state index is 12.5. The number of benzene rings is 2. The van der Waals surface area contributed by atoms with E-state index in [0.29, 0.717) is 28.4 Å². The molecule has 0 saturated heterocycles. The van der Waals surface area contributed by atoms with Gasteiger partial charge in [-0.1, -0.05) is 0 Å². The third kappa shape index (κ3) is 4.64. The maximum absolute atomic E-state index is 12.5. The van der Waals surface area contributed by atoms with Crippen molar-refractivity contribution >= 4 is 29.1 Å². The molecule has 7 nitrogen and oxygen atoms in total. The zero-order valence-corrected chi connectivity index (χ0v) is 15.4. The van der Waals surface area contributed by atoms with E-state index in [2.05, 4.69) is 20.4 Å². The van der Waals surface area contributed by atoms with Crippen LogP contribution in [0.25, 0.3) is 0 Å². The van der Waals surface area contributed by atoms with Crippen molar-refractivity contribution in [2.75, 3.05) is 24.9 Å². The molecule has 3 rings (SSSR count). The molecule has 1 amide bonds. The molecule has 0 radical (unpaired) electrons. The average Bonchev–Trinajstić information content (AvgIpc) is 2.74. The Morgan fingerprint density at radius 2 is 1.54 bits per heavy atom. The summed E-state index contributed by atoms with van der Waals surface area (Å²) in [4.78, 5) is 28.2. The number of aromatic nitrogens is 1. The number of nitrogens with zero attached hydrogens (tertiary/aromatic N) is 1. The molecule has 3 aromatic rings. The molecule has 1 aromatic heterocycles. The van der Waals surface area contributed by atoms with Crippen molar-refractivity contribution in [1.82, 2.24) is 4.98 Å². The predicted molar refractivity (Wildman–Crippen MR) is 106 cm³/mol. The van der Waals surface area contributed by atoms with E-state index in [1.807, 2.05) is 0 Å². The van der Waals surface area contributed by atoms with Crippen molar-refractivity contribution in [3.63, 3.8) is 0 Å². The van der Waals surface area contributed by atoms with Crippen LogP contribution >= 0.6 is 0 Å². The number of anilines is 3. The van der Waals surface area contributed by atoms with E-state index in [0.717, 1.165) is 5.69 Å². The summed E-state index contributed by atoms with van der Waals surface area (Å²) >= 11 is 0. The standard InChI is InChI=1S/C21H19N3O4/c1-27-18-9-7-17(8-10-18)24-20(25)15-11-12-22-19(13-15)23-16-5-3-14(4-6-16)21(26)28-2/h3-13H,1-2H3,(H,22,23)(H,24,25). The van der Waals surface area contributed by atoms with Gasteiger partial charge in [0.25, 0.3) is 5.91 Å². The van der Waals surface area contributed by atoms with Crippen molar-refractivity contribution in [1.29, 1.82) is 0 Å². The number of methoxy groups -OCH3 is 2. The van der Waals surface area contributed by atoms with Crippen molar-refractivity contribution in [3.8, 4) is 5.75 Å². The Morgan fingerprint density at radius 1 is 0.857 bits per heavy atom. The van der Waals surface area contributed by atoms with Gasteiger partial charge < -0.3 is 20.1 Å². The summed E-state index contributed by atoms with van der Waals surface area (Å²) < 4.78 is 9.78. The first-order chi connectivity index (χ1) is 13.6. The third-order valence-corrected chi connectivity index (χ3v) is 3.95. The Labute approximate surface area is 162 Å². The van der Waals surface area contributed by atoms with Crippen LogP contribution in [0, 0.1) is 0 Å². The summed E-state index contributed by atoms with van der Waals surface area (Å²) in [7, 11) is 2.92. The first-order valence-electron chi connectivity index (χ1n) is 8.46. The van der Waals surface area contributed by atoms with E-state index in [9.17, 15) is 9.59 Å². The van der Waals surface area contributed by atoms with Crippen LogP contribution in [0.5, 0.6) is 5.75 Å². The van der Waals surface area contributed by atoms with Gasteiger partial charge in [-0.3, -0.25) is 4.79 Å². The predicted octanol–water partition coefficient (Wildman–Crippen LogP) is 3.87. The molecule has 0 spiro atoms. The molecule has 0 bridgehead atoms. The highest BCUT2D eigenvalue weighted by molar-refractivity contribution is 6.04. The van der Waals surface area contributed by atoms with Gasteiger partial charge in [-0.15, -0.1) is 0 Å². The van der Waals surface area contributed by atoms with E-state index >= 15 is 0 Å². The van der Waals surface area contributed by atoms with Crippen LogP contribution in [0.1, 0.15) is 20.7 Å². The van der Waals surface area contributed by atoms with Crippen LogP contribution in [0.3, 0.4) is 0 Å². The Kier molecular flexibility index (Phi) is 5.86. The number of hydrogen-bond acceptors (Lipinski definition) is 6. The third-order valence-electron chi connectivity index (χ3n) is 3.95. The lowest BCUT2D eigenvalue weighted by molar-refractivity contribution is 0.0600. The lowest BCUT2D eigenvalue weighted by atomic mass is 10.2. The fourth-order valence-electron chi connectivity index (χ4n) is 2.47. The Bertz CT molecular complexity index is 970. The van der Waals surface area contributed by atoms with Gasteiger partial charge in [-0.05, 0) is 60.7 Å². The summed E-state index contributed by atoms with van der Waals surface area (Å²) in [6.07, 6.45) is 1.55. The Hall–Kier alpha value is -3.87. The van der Waals surface area contributed by atoms with Gasteiger partial charge in [0.05, 0.1) is 19.8 Å². The number of rotatable bonds is 6. The van der Waals surface area contributed by atoms with Gasteiger partial charge >= 0.3 is 5.97 Å². The molecule has 2 N–H and O–H groups in total. The summed E-state index contributed by atoms with van der Waals surface area (Å²) in [5.41, 5.74) is 2.30. The lowest BCUT2D eigenvalue weighted by Gasteiger charge is -2.09. The maximum Gasteiger partial charge on any atom is 0.337 e. The van der Waals surface area contributed by atoms with Crippen LogP contribution in [0.2, 0.25) is 0 Å². The molecule has 0 aliphatic heterocycles. The number of ether oxygens (including phenoxy) is 2. The molecule has 0 unspecified atom stereocenters. The number of carbonyl (C=O) groups excluding carboxylic acids is 2. The SMILES string of the molecule is COC(=O)c1ccc(Nc2cc(C(=O)Nc3ccc(OC)cc3)ccn2)cc1. The second kappa shape index (κ2) is 8.68. The number of amides is 1. The summed E-state index contributed by atoms with van der Waals surface area (Å²) in [6.45, 7) is 0. The molecular formula is C21H19N3O4. The van der Waals surface area contributed by atoms with Crippen LogP contribution < -0.4 is 15.4 Å². The second-order valence-electron chi connectivity index (χ2n) is 5.81. The number of nitrogens with one attached hydrogen (secondary N) is 2. The Balaban J connectivity index is 1.69. The van der Waals surface area contributed by atoms with Gasteiger partial charge in [0.15, 0.2) is 0 Å². The minimum Gasteiger partial charge on any atom is -0.497 e. The lowest BCUT2D eigenvalue weighted by Crippen LogP contribution is -2.12. The smallest absolute Gasteiger partial charge is 0.337 e. The number of carbonyl (C=O) groups is 2. The highest BCUT2D eigenvalue weighted by atomic mass is 16.5. The molecule has 0 saturated carbocycles. The van der Waals surface area contributed by atoms with Crippen LogP contribution in [0.15, 0.2) is 66.9 Å². The van der Waals surface area contributed by atoms with Gasteiger partial charge in [-0.2, -0.15) is 0 Å². The first kappa shape index (κ1) is 18.9. The Morgan fingerprint density at radius 3 is 2.18 bits per heavy atom. The normalized spacial score (nSPS) is 10.1. The molecule has 2 aromatic carbocycles. The van der Waals surface area contributed by atoms with E-state index < -0.39 is 5.97 Å². The highest BCUT2D eigenvalue weighted by Crippen LogP contribution is 2.19. The monoisotopic (exact) mass is 377 g/mol. The van der Waals surface area contributed by atoms with Crippen LogP contribution in [-0.2, 0) is 4.74 Å². The van der Waals surface area contributed by atoms with Gasteiger partial charge in [0, 0.05) is 23.1 Å². The van der Waals surface area contributed by atoms with Crippen molar-refractivity contribution in [3.05, 3.63) is 78.0 Å². The van der Waals surface area contributed by atoms with E-state index in [4.69, 9.17) is 4.74 Å². The fourth-order valence-corrected chi connectivity index (χ4v) is 2.47. The fraction of sp³-hybridized carbons (Fsp3) is 0.0952. The summed E-state index contributed by atoms with van der Waals surface area (Å²) in [5, 5.41) is 5.93. The van der Waals surface area contributed by atoms with E-state index in [1.54, 1.807) is 74.0 Å². The van der Waals surface area contributed by atoms with Crippen LogP contribution in [0.4, 0.5) is 17.2 Å². The van der Waals surface area contributed by atoms with E-state index in [-0.39, 0.29) is 5.91 Å². The zero-order valence-electron chi connectivity index (χ0n) is 15.4. The van der Waals surface area contributed by atoms with Crippen molar-refractivity contribution in [2.45, 2.75) is 0 Å². The molecule has 7 heteroatoms. The van der Waals surface area contributed by atoms with Gasteiger partial charge in [0.2, 0.25) is 0 Å². The van der Waals surface area contributed by atoms with Crippen LogP contribution in [-0.4, -0.2) is 31.1 Å². The topological polar surface area (TPSA) is 89.5 Å². The highest BCUT2D eigenvalue weighted by Gasteiger charge is 2.09. The quantitative estimate of drug-likeness (QED) is 0.634. The van der Waals surface area contributed by atoms with E-state index in [1.165, 1.54) is 7.11 Å².